The fourth-order valence-corrected chi connectivity index (χ4v) is 4.00. The van der Waals surface area contributed by atoms with E-state index in [1.165, 1.54) is 48.8 Å². The molecular formula is C18H14FN5O3S. The van der Waals surface area contributed by atoms with Gasteiger partial charge in [-0.15, -0.1) is 0 Å². The smallest absolute Gasteiger partial charge is 0.274 e. The van der Waals surface area contributed by atoms with Gasteiger partial charge in [0, 0.05) is 17.3 Å². The minimum atomic E-state index is -3.81. The molecule has 0 aliphatic rings. The van der Waals surface area contributed by atoms with Crippen LogP contribution in [-0.4, -0.2) is 33.4 Å². The number of aryl methyl sites for hydroxylation is 1. The number of halogens is 1. The summed E-state index contributed by atoms with van der Waals surface area (Å²) in [5.41, 5.74) is 0.258. The van der Waals surface area contributed by atoms with Gasteiger partial charge >= 0.3 is 0 Å². The van der Waals surface area contributed by atoms with Crippen LogP contribution in [0.25, 0.3) is 10.8 Å². The van der Waals surface area contributed by atoms with Crippen molar-refractivity contribution in [1.82, 2.24) is 25.0 Å². The van der Waals surface area contributed by atoms with Crippen LogP contribution < -0.4 is 5.56 Å². The molecule has 0 unspecified atom stereocenters. The summed E-state index contributed by atoms with van der Waals surface area (Å²) in [5.74, 6) is -0.528. The molecule has 0 spiro atoms. The Balaban J connectivity index is 1.77. The van der Waals surface area contributed by atoms with Crippen LogP contribution in [0.2, 0.25) is 0 Å². The first kappa shape index (κ1) is 18.0. The molecule has 4 rings (SSSR count). The average molecular weight is 399 g/mol. The van der Waals surface area contributed by atoms with Crippen LogP contribution in [0.1, 0.15) is 11.4 Å². The summed E-state index contributed by atoms with van der Waals surface area (Å²) < 4.78 is 40.2. The molecule has 0 radical (unpaired) electrons. The lowest BCUT2D eigenvalue weighted by Crippen LogP contribution is -2.24. The van der Waals surface area contributed by atoms with Crippen molar-refractivity contribution in [1.29, 1.82) is 0 Å². The first-order chi connectivity index (χ1) is 13.4. The summed E-state index contributed by atoms with van der Waals surface area (Å²) in [6, 6.07) is 8.29. The number of aromatic amines is 1. The average Bonchev–Trinajstić information content (AvgIpc) is 3.22. The third kappa shape index (κ3) is 3.07. The zero-order valence-electron chi connectivity index (χ0n) is 14.6. The normalized spacial score (nSPS) is 11.8. The lowest BCUT2D eigenvalue weighted by Gasteiger charge is -2.08. The van der Waals surface area contributed by atoms with Gasteiger partial charge in [-0.1, -0.05) is 0 Å². The number of sulfone groups is 1. The number of aromatic nitrogens is 5. The molecule has 0 bridgehead atoms. The number of benzene rings is 1. The number of fused-ring (bicyclic) bond motifs is 1. The summed E-state index contributed by atoms with van der Waals surface area (Å²) in [5, 5.41) is 10.7. The molecule has 0 atom stereocenters. The standard InChI is InChI=1S/C18H14FN5O3S/c1-11-2-5-15(19)16(22-11)10-24-18(25)14-4-3-13(8-12(14)9-21-24)28(26,27)17-6-7-20-23-17/h2-9H,10H2,1H3,(H,20,23). The minimum absolute atomic E-state index is 0.00237. The lowest BCUT2D eigenvalue weighted by molar-refractivity contribution is 0.559. The molecule has 0 aliphatic carbocycles. The van der Waals surface area contributed by atoms with Gasteiger partial charge < -0.3 is 0 Å². The maximum atomic E-state index is 13.9. The van der Waals surface area contributed by atoms with Gasteiger partial charge in [0.15, 0.2) is 5.03 Å². The van der Waals surface area contributed by atoms with E-state index in [0.717, 1.165) is 4.68 Å². The number of hydrogen-bond donors (Lipinski definition) is 1. The van der Waals surface area contributed by atoms with E-state index in [-0.39, 0.29) is 27.5 Å². The van der Waals surface area contributed by atoms with E-state index in [9.17, 15) is 17.6 Å². The van der Waals surface area contributed by atoms with Gasteiger partial charge in [0.1, 0.15) is 5.82 Å². The van der Waals surface area contributed by atoms with Crippen LogP contribution in [0.3, 0.4) is 0 Å². The van der Waals surface area contributed by atoms with Crippen molar-refractivity contribution in [3.05, 3.63) is 76.4 Å². The van der Waals surface area contributed by atoms with E-state index in [1.54, 1.807) is 6.92 Å². The molecule has 0 aliphatic heterocycles. The van der Waals surface area contributed by atoms with Crippen LogP contribution in [0, 0.1) is 12.7 Å². The monoisotopic (exact) mass is 399 g/mol. The summed E-state index contributed by atoms with van der Waals surface area (Å²) in [7, 11) is -3.81. The molecule has 8 nitrogen and oxygen atoms in total. The molecule has 0 amide bonds. The van der Waals surface area contributed by atoms with Crippen LogP contribution >= 0.6 is 0 Å². The minimum Gasteiger partial charge on any atom is -0.284 e. The highest BCUT2D eigenvalue weighted by molar-refractivity contribution is 7.91. The Morgan fingerprint density at radius 1 is 1.18 bits per heavy atom. The summed E-state index contributed by atoms with van der Waals surface area (Å²) in [6.07, 6.45) is 2.78. The number of nitrogens with one attached hydrogen (secondary N) is 1. The van der Waals surface area contributed by atoms with E-state index >= 15 is 0 Å². The van der Waals surface area contributed by atoms with E-state index in [4.69, 9.17) is 0 Å². The van der Waals surface area contributed by atoms with E-state index in [2.05, 4.69) is 20.3 Å². The molecule has 0 saturated heterocycles. The first-order valence-electron chi connectivity index (χ1n) is 8.23. The van der Waals surface area contributed by atoms with Crippen molar-refractivity contribution < 1.29 is 12.8 Å². The van der Waals surface area contributed by atoms with Gasteiger partial charge in [-0.25, -0.2) is 17.5 Å². The summed E-state index contributed by atoms with van der Waals surface area (Å²) >= 11 is 0. The maximum absolute atomic E-state index is 13.9. The molecule has 4 aromatic rings. The van der Waals surface area contributed by atoms with Gasteiger partial charge in [-0.3, -0.25) is 14.9 Å². The predicted octanol–water partition coefficient (Wildman–Crippen LogP) is 1.84. The SMILES string of the molecule is Cc1ccc(F)c(Cn2ncc3cc(S(=O)(=O)c4cc[nH]n4)ccc3c2=O)n1. The second-order valence-corrected chi connectivity index (χ2v) is 8.05. The third-order valence-corrected chi connectivity index (χ3v) is 5.89. The second kappa shape index (κ2) is 6.64. The van der Waals surface area contributed by atoms with Crippen molar-refractivity contribution in [2.75, 3.05) is 0 Å². The number of rotatable bonds is 4. The fraction of sp³-hybridized carbons (Fsp3) is 0.111. The number of H-pyrrole nitrogens is 1. The topological polar surface area (TPSA) is 111 Å². The van der Waals surface area contributed by atoms with E-state index < -0.39 is 21.2 Å². The first-order valence-corrected chi connectivity index (χ1v) is 9.71. The molecule has 10 heteroatoms. The van der Waals surface area contributed by atoms with E-state index in [1.807, 2.05) is 0 Å². The maximum Gasteiger partial charge on any atom is 0.274 e. The van der Waals surface area contributed by atoms with Gasteiger partial charge in [0.2, 0.25) is 9.84 Å². The second-order valence-electron chi connectivity index (χ2n) is 6.15. The van der Waals surface area contributed by atoms with Crippen molar-refractivity contribution in [2.24, 2.45) is 0 Å². The highest BCUT2D eigenvalue weighted by Gasteiger charge is 2.21. The Hall–Kier alpha value is -3.40. The molecule has 3 aromatic heterocycles. The zero-order valence-corrected chi connectivity index (χ0v) is 15.4. The molecule has 28 heavy (non-hydrogen) atoms. The Kier molecular flexibility index (Phi) is 4.27. The van der Waals surface area contributed by atoms with Gasteiger partial charge in [0.05, 0.1) is 28.7 Å². The van der Waals surface area contributed by atoms with Crippen LogP contribution in [0.15, 0.2) is 63.5 Å². The molecule has 1 aromatic carbocycles. The molecule has 1 N–H and O–H groups in total. The summed E-state index contributed by atoms with van der Waals surface area (Å²) in [4.78, 5) is 16.8. The lowest BCUT2D eigenvalue weighted by atomic mass is 10.2. The molecule has 0 fully saturated rings. The molecule has 3 heterocycles. The quantitative estimate of drug-likeness (QED) is 0.561. The van der Waals surface area contributed by atoms with Crippen LogP contribution in [0.5, 0.6) is 0 Å². The van der Waals surface area contributed by atoms with Gasteiger partial charge in [0.25, 0.3) is 5.56 Å². The number of hydrogen-bond acceptors (Lipinski definition) is 6. The molecular weight excluding hydrogens is 385 g/mol. The highest BCUT2D eigenvalue weighted by atomic mass is 32.2. The molecule has 0 saturated carbocycles. The Morgan fingerprint density at radius 2 is 2.00 bits per heavy atom. The van der Waals surface area contributed by atoms with Crippen molar-refractivity contribution in [3.8, 4) is 0 Å². The number of pyridine rings is 1. The van der Waals surface area contributed by atoms with Crippen molar-refractivity contribution in [2.45, 2.75) is 23.4 Å². The van der Waals surface area contributed by atoms with Crippen molar-refractivity contribution in [3.63, 3.8) is 0 Å². The Morgan fingerprint density at radius 3 is 2.75 bits per heavy atom. The summed E-state index contributed by atoms with van der Waals surface area (Å²) in [6.45, 7) is 1.59. The number of nitrogens with zero attached hydrogens (tertiary/aromatic N) is 4. The van der Waals surface area contributed by atoms with Gasteiger partial charge in [-0.2, -0.15) is 10.2 Å². The van der Waals surface area contributed by atoms with Crippen LogP contribution in [-0.2, 0) is 16.4 Å². The largest absolute Gasteiger partial charge is 0.284 e. The Labute approximate surface area is 158 Å². The third-order valence-electron chi connectivity index (χ3n) is 4.24. The van der Waals surface area contributed by atoms with Gasteiger partial charge in [-0.05, 0) is 43.3 Å². The molecule has 142 valence electrons. The van der Waals surface area contributed by atoms with E-state index in [0.29, 0.717) is 11.1 Å². The fourth-order valence-electron chi connectivity index (χ4n) is 2.81. The highest BCUT2D eigenvalue weighted by Crippen LogP contribution is 2.22. The predicted molar refractivity (Wildman–Crippen MR) is 98.1 cm³/mol. The zero-order chi connectivity index (χ0) is 19.9. The van der Waals surface area contributed by atoms with Crippen LogP contribution in [0.4, 0.5) is 4.39 Å². The van der Waals surface area contributed by atoms with Crippen molar-refractivity contribution >= 4 is 20.6 Å². The Bertz CT molecular complexity index is 1350.